The van der Waals surface area contributed by atoms with Crippen molar-refractivity contribution >= 4 is 5.78 Å². The molecule has 0 aromatic carbocycles. The Hall–Kier alpha value is -1.55. The maximum Gasteiger partial charge on any atom is 0.190 e. The first-order valence-electron chi connectivity index (χ1n) is 9.36. The van der Waals surface area contributed by atoms with Crippen LogP contribution in [0.4, 0.5) is 0 Å². The molecular weight excluding hydrogens is 298 g/mol. The van der Waals surface area contributed by atoms with Gasteiger partial charge in [-0.1, -0.05) is 18.2 Å². The van der Waals surface area contributed by atoms with Crippen LogP contribution < -0.4 is 0 Å². The van der Waals surface area contributed by atoms with E-state index in [0.717, 1.165) is 50.0 Å². The molecule has 0 aromatic heterocycles. The highest BCUT2D eigenvalue weighted by atomic mass is 16.1. The minimum atomic E-state index is 0.237. The third kappa shape index (κ3) is 3.44. The molecule has 0 saturated heterocycles. The summed E-state index contributed by atoms with van der Waals surface area (Å²) in [6, 6.07) is 0.237. The average Bonchev–Trinajstić information content (AvgIpc) is 2.76. The van der Waals surface area contributed by atoms with Crippen LogP contribution in [0.3, 0.4) is 0 Å². The van der Waals surface area contributed by atoms with Crippen molar-refractivity contribution in [3.05, 3.63) is 35.2 Å². The predicted molar refractivity (Wildman–Crippen MR) is 98.6 cm³/mol. The van der Waals surface area contributed by atoms with E-state index in [-0.39, 0.29) is 6.04 Å². The lowest BCUT2D eigenvalue weighted by Gasteiger charge is -2.44. The van der Waals surface area contributed by atoms with Crippen molar-refractivity contribution in [3.63, 3.8) is 0 Å². The van der Waals surface area contributed by atoms with E-state index in [1.807, 2.05) is 0 Å². The zero-order chi connectivity index (χ0) is 17.1. The molecule has 2 heterocycles. The Morgan fingerprint density at radius 2 is 2.08 bits per heavy atom. The first-order valence-corrected chi connectivity index (χ1v) is 9.36. The van der Waals surface area contributed by atoms with Gasteiger partial charge in [-0.15, -0.1) is 0 Å². The van der Waals surface area contributed by atoms with E-state index in [0.29, 0.717) is 5.78 Å². The molecule has 0 fully saturated rings. The molecule has 0 amide bonds. The van der Waals surface area contributed by atoms with E-state index in [4.69, 9.17) is 0 Å². The second kappa shape index (κ2) is 7.56. The normalized spacial score (nSPS) is 24.1. The highest BCUT2D eigenvalue weighted by molar-refractivity contribution is 6.10. The Kier molecular flexibility index (Phi) is 5.44. The van der Waals surface area contributed by atoms with Gasteiger partial charge in [-0.2, -0.15) is 0 Å². The van der Waals surface area contributed by atoms with Gasteiger partial charge in [-0.3, -0.25) is 4.79 Å². The fourth-order valence-electron chi connectivity index (χ4n) is 4.14. The van der Waals surface area contributed by atoms with Crippen molar-refractivity contribution in [2.45, 2.75) is 44.6 Å². The molecule has 0 bridgehead atoms. The first kappa shape index (κ1) is 17.3. The van der Waals surface area contributed by atoms with E-state index in [9.17, 15) is 4.79 Å². The Morgan fingerprint density at radius 1 is 1.25 bits per heavy atom. The van der Waals surface area contributed by atoms with E-state index >= 15 is 0 Å². The largest absolute Gasteiger partial charge is 0.361 e. The lowest BCUT2D eigenvalue weighted by Crippen LogP contribution is -2.48. The van der Waals surface area contributed by atoms with Gasteiger partial charge in [0.1, 0.15) is 5.82 Å². The summed E-state index contributed by atoms with van der Waals surface area (Å²) in [6.07, 6.45) is 12.9. The quantitative estimate of drug-likeness (QED) is 0.725. The summed E-state index contributed by atoms with van der Waals surface area (Å²) in [4.78, 5) is 20.2. The zero-order valence-electron chi connectivity index (χ0n) is 15.4. The molecule has 0 spiro atoms. The van der Waals surface area contributed by atoms with Gasteiger partial charge in [0.2, 0.25) is 0 Å². The summed E-state index contributed by atoms with van der Waals surface area (Å²) >= 11 is 0. The monoisotopic (exact) mass is 329 g/mol. The SMILES string of the molecule is CN(C)CCCCN1C2=C(CCCCN2C)C(=O)C2=CC=CCC21. The Bertz CT molecular complexity index is 573. The molecule has 0 aromatic rings. The lowest BCUT2D eigenvalue weighted by atomic mass is 9.85. The van der Waals surface area contributed by atoms with Crippen molar-refractivity contribution in [3.8, 4) is 0 Å². The number of hydrogen-bond donors (Lipinski definition) is 0. The highest BCUT2D eigenvalue weighted by Gasteiger charge is 2.39. The second-order valence-electron chi connectivity index (χ2n) is 7.52. The third-order valence-electron chi connectivity index (χ3n) is 5.37. The number of rotatable bonds is 5. The van der Waals surface area contributed by atoms with E-state index < -0.39 is 0 Å². The lowest BCUT2D eigenvalue weighted by molar-refractivity contribution is -0.114. The fourth-order valence-corrected chi connectivity index (χ4v) is 4.14. The molecule has 4 nitrogen and oxygen atoms in total. The van der Waals surface area contributed by atoms with Crippen molar-refractivity contribution in [1.82, 2.24) is 14.7 Å². The van der Waals surface area contributed by atoms with E-state index in [2.05, 4.69) is 54.1 Å². The number of hydrogen-bond acceptors (Lipinski definition) is 4. The molecule has 1 unspecified atom stereocenters. The fraction of sp³-hybridized carbons (Fsp3) is 0.650. The standard InChI is InChI=1S/C20H31N3O/c1-21(2)13-8-9-15-23-18-12-5-4-10-16(18)19(24)17-11-6-7-14-22(3)20(17)23/h4-5,10,18H,6-9,11-15H2,1-3H3. The number of carbonyl (C=O) groups excluding carboxylic acids is 1. The van der Waals surface area contributed by atoms with Crippen LogP contribution in [0.1, 0.15) is 38.5 Å². The average molecular weight is 329 g/mol. The minimum absolute atomic E-state index is 0.237. The summed E-state index contributed by atoms with van der Waals surface area (Å²) in [5, 5.41) is 0. The second-order valence-corrected chi connectivity index (χ2v) is 7.52. The molecule has 3 rings (SSSR count). The predicted octanol–water partition coefficient (Wildman–Crippen LogP) is 2.80. The molecule has 24 heavy (non-hydrogen) atoms. The summed E-state index contributed by atoms with van der Waals surface area (Å²) in [6.45, 7) is 3.23. The molecule has 0 radical (unpaired) electrons. The van der Waals surface area contributed by atoms with Crippen LogP contribution in [0.25, 0.3) is 0 Å². The Morgan fingerprint density at radius 3 is 2.88 bits per heavy atom. The van der Waals surface area contributed by atoms with Crippen molar-refractivity contribution < 1.29 is 4.79 Å². The van der Waals surface area contributed by atoms with Gasteiger partial charge >= 0.3 is 0 Å². The summed E-state index contributed by atoms with van der Waals surface area (Å²) in [5.74, 6) is 1.53. The number of Topliss-reactive ketones (excluding diaryl/α,β-unsaturated/α-hetero) is 1. The van der Waals surface area contributed by atoms with E-state index in [1.165, 1.54) is 25.1 Å². The first-order chi connectivity index (χ1) is 11.6. The van der Waals surface area contributed by atoms with Crippen LogP contribution in [-0.4, -0.2) is 67.3 Å². The van der Waals surface area contributed by atoms with Gasteiger partial charge in [-0.05, 0) is 59.2 Å². The number of allylic oxidation sites excluding steroid dienone is 3. The van der Waals surface area contributed by atoms with Crippen LogP contribution >= 0.6 is 0 Å². The molecule has 1 atom stereocenters. The van der Waals surface area contributed by atoms with Crippen LogP contribution in [0.5, 0.6) is 0 Å². The van der Waals surface area contributed by atoms with Crippen LogP contribution in [0.15, 0.2) is 35.2 Å². The van der Waals surface area contributed by atoms with Gasteiger partial charge in [0, 0.05) is 31.3 Å². The summed E-state index contributed by atoms with van der Waals surface area (Å²) < 4.78 is 0. The van der Waals surface area contributed by atoms with Gasteiger partial charge in [0.05, 0.1) is 6.04 Å². The summed E-state index contributed by atoms with van der Waals surface area (Å²) in [5.41, 5.74) is 2.07. The summed E-state index contributed by atoms with van der Waals surface area (Å²) in [7, 11) is 6.42. The van der Waals surface area contributed by atoms with E-state index in [1.54, 1.807) is 0 Å². The molecule has 132 valence electrons. The molecule has 0 saturated carbocycles. The number of unbranched alkanes of at least 4 members (excludes halogenated alkanes) is 1. The Balaban J connectivity index is 1.86. The molecule has 4 heteroatoms. The van der Waals surface area contributed by atoms with Crippen molar-refractivity contribution in [1.29, 1.82) is 0 Å². The number of fused-ring (bicyclic) bond motifs is 1. The smallest absolute Gasteiger partial charge is 0.190 e. The maximum atomic E-state index is 13.0. The van der Waals surface area contributed by atoms with Gasteiger partial charge in [0.25, 0.3) is 0 Å². The topological polar surface area (TPSA) is 26.8 Å². The Labute approximate surface area is 146 Å². The zero-order valence-corrected chi connectivity index (χ0v) is 15.4. The maximum absolute atomic E-state index is 13.0. The third-order valence-corrected chi connectivity index (χ3v) is 5.37. The van der Waals surface area contributed by atoms with Gasteiger partial charge in [0.15, 0.2) is 5.78 Å². The molecule has 1 aliphatic carbocycles. The number of ketones is 1. The van der Waals surface area contributed by atoms with Crippen LogP contribution in [0, 0.1) is 0 Å². The van der Waals surface area contributed by atoms with Crippen LogP contribution in [0.2, 0.25) is 0 Å². The number of nitrogens with zero attached hydrogens (tertiary/aromatic N) is 3. The molecule has 3 aliphatic rings. The van der Waals surface area contributed by atoms with Crippen LogP contribution in [-0.2, 0) is 4.79 Å². The van der Waals surface area contributed by atoms with Crippen molar-refractivity contribution in [2.75, 3.05) is 40.8 Å². The molecular formula is C20H31N3O. The van der Waals surface area contributed by atoms with Gasteiger partial charge in [-0.25, -0.2) is 0 Å². The number of carbonyl (C=O) groups is 1. The van der Waals surface area contributed by atoms with Crippen molar-refractivity contribution in [2.24, 2.45) is 0 Å². The van der Waals surface area contributed by atoms with Gasteiger partial charge < -0.3 is 14.7 Å². The molecule has 2 aliphatic heterocycles. The highest BCUT2D eigenvalue weighted by Crippen LogP contribution is 2.37. The minimum Gasteiger partial charge on any atom is -0.361 e. The molecule has 0 N–H and O–H groups in total.